The number of methoxy groups -OCH3 is 1. The minimum Gasteiger partial charge on any atom is -0.497 e. The molecule has 0 saturated heterocycles. The van der Waals surface area contributed by atoms with Crippen LogP contribution in [0.25, 0.3) is 0 Å². The van der Waals surface area contributed by atoms with Crippen LogP contribution < -0.4 is 4.74 Å². The molecule has 0 atom stereocenters. The molecule has 3 nitrogen and oxygen atoms in total. The first-order valence-electron chi connectivity index (χ1n) is 5.79. The predicted octanol–water partition coefficient (Wildman–Crippen LogP) is 3.88. The summed E-state index contributed by atoms with van der Waals surface area (Å²) in [6.07, 6.45) is 0. The molecule has 0 saturated carbocycles. The van der Waals surface area contributed by atoms with Crippen molar-refractivity contribution in [3.63, 3.8) is 0 Å². The van der Waals surface area contributed by atoms with Gasteiger partial charge in [0.2, 0.25) is 0 Å². The van der Waals surface area contributed by atoms with E-state index in [1.54, 1.807) is 13.2 Å². The molecule has 0 aliphatic heterocycles. The monoisotopic (exact) mass is 275 g/mol. The van der Waals surface area contributed by atoms with Gasteiger partial charge in [0.05, 0.1) is 12.1 Å². The van der Waals surface area contributed by atoms with Crippen LogP contribution in [-0.4, -0.2) is 18.0 Å². The van der Waals surface area contributed by atoms with Gasteiger partial charge in [0.15, 0.2) is 0 Å². The van der Waals surface area contributed by atoms with Crippen LogP contribution in [0.15, 0.2) is 47.6 Å². The van der Waals surface area contributed by atoms with Gasteiger partial charge in [-0.25, -0.2) is 0 Å². The Labute approximate surface area is 117 Å². The Morgan fingerprint density at radius 2 is 1.89 bits per heavy atom. The van der Waals surface area contributed by atoms with Crippen LogP contribution >= 0.6 is 11.6 Å². The Morgan fingerprint density at radius 1 is 1.16 bits per heavy atom. The zero-order chi connectivity index (χ0) is 13.8. The van der Waals surface area contributed by atoms with E-state index in [4.69, 9.17) is 16.3 Å². The lowest BCUT2D eigenvalue weighted by atomic mass is 9.98. The molecule has 0 spiro atoms. The Bertz CT molecular complexity index is 623. The molecule has 0 amide bonds. The van der Waals surface area contributed by atoms with Gasteiger partial charge in [-0.1, -0.05) is 35.0 Å². The maximum absolute atomic E-state index is 9.31. The van der Waals surface area contributed by atoms with Crippen LogP contribution in [0.4, 0.5) is 0 Å². The maximum Gasteiger partial charge on any atom is 0.119 e. The van der Waals surface area contributed by atoms with Crippen LogP contribution in [0.3, 0.4) is 0 Å². The highest BCUT2D eigenvalue weighted by molar-refractivity contribution is 6.35. The Morgan fingerprint density at radius 3 is 2.47 bits per heavy atom. The van der Waals surface area contributed by atoms with Crippen molar-refractivity contribution in [2.75, 3.05) is 7.11 Å². The molecule has 4 heteroatoms. The quantitative estimate of drug-likeness (QED) is 0.525. The maximum atomic E-state index is 9.31. The summed E-state index contributed by atoms with van der Waals surface area (Å²) in [4.78, 5) is 0. The zero-order valence-electron chi connectivity index (χ0n) is 10.7. The Kier molecular flexibility index (Phi) is 4.07. The van der Waals surface area contributed by atoms with Gasteiger partial charge in [0.25, 0.3) is 0 Å². The summed E-state index contributed by atoms with van der Waals surface area (Å²) >= 11 is 6.14. The third-order valence-electron chi connectivity index (χ3n) is 2.92. The SMILES string of the molecule is COc1ccc(C(=NO)c2ccccc2Cl)c(C)c1. The molecule has 0 bridgehead atoms. The molecule has 2 aromatic rings. The van der Waals surface area contributed by atoms with Gasteiger partial charge in [-0.05, 0) is 36.8 Å². The number of benzene rings is 2. The molecule has 2 rings (SSSR count). The van der Waals surface area contributed by atoms with Gasteiger partial charge in [-0.3, -0.25) is 0 Å². The lowest BCUT2D eigenvalue weighted by molar-refractivity contribution is 0.319. The highest BCUT2D eigenvalue weighted by atomic mass is 35.5. The summed E-state index contributed by atoms with van der Waals surface area (Å²) in [5.41, 5.74) is 2.91. The predicted molar refractivity (Wildman–Crippen MR) is 76.6 cm³/mol. The summed E-state index contributed by atoms with van der Waals surface area (Å²) in [7, 11) is 1.61. The molecule has 98 valence electrons. The normalized spacial score (nSPS) is 11.4. The fourth-order valence-corrected chi connectivity index (χ4v) is 2.16. The fraction of sp³-hybridized carbons (Fsp3) is 0.133. The van der Waals surface area contributed by atoms with E-state index in [1.165, 1.54) is 0 Å². The van der Waals surface area contributed by atoms with Crippen LogP contribution in [0.2, 0.25) is 5.02 Å². The topological polar surface area (TPSA) is 41.8 Å². The number of hydrogen-bond donors (Lipinski definition) is 1. The van der Waals surface area contributed by atoms with E-state index in [-0.39, 0.29) is 0 Å². The molecule has 0 heterocycles. The van der Waals surface area contributed by atoms with Gasteiger partial charge < -0.3 is 9.94 Å². The minimum atomic E-state index is 0.450. The second-order valence-electron chi connectivity index (χ2n) is 4.11. The van der Waals surface area contributed by atoms with Crippen molar-refractivity contribution in [2.24, 2.45) is 5.16 Å². The molecule has 0 aromatic heterocycles. The second-order valence-corrected chi connectivity index (χ2v) is 4.52. The van der Waals surface area contributed by atoms with Gasteiger partial charge in [-0.15, -0.1) is 0 Å². The van der Waals surface area contributed by atoms with Crippen LogP contribution in [0, 0.1) is 6.92 Å². The van der Waals surface area contributed by atoms with E-state index in [2.05, 4.69) is 5.16 Å². The third-order valence-corrected chi connectivity index (χ3v) is 3.25. The highest BCUT2D eigenvalue weighted by Gasteiger charge is 2.13. The van der Waals surface area contributed by atoms with Crippen molar-refractivity contribution in [2.45, 2.75) is 6.92 Å². The smallest absolute Gasteiger partial charge is 0.119 e. The number of hydrogen-bond acceptors (Lipinski definition) is 3. The third kappa shape index (κ3) is 2.71. The van der Waals surface area contributed by atoms with Gasteiger partial charge in [0.1, 0.15) is 11.5 Å². The highest BCUT2D eigenvalue weighted by Crippen LogP contribution is 2.24. The van der Waals surface area contributed by atoms with E-state index >= 15 is 0 Å². The second kappa shape index (κ2) is 5.76. The van der Waals surface area contributed by atoms with Crippen molar-refractivity contribution in [3.8, 4) is 5.75 Å². The molecule has 2 aromatic carbocycles. The van der Waals surface area contributed by atoms with Crippen molar-refractivity contribution in [1.29, 1.82) is 0 Å². The standard InChI is InChI=1S/C15H14ClNO2/c1-10-9-11(19-2)7-8-12(10)15(17-18)13-5-3-4-6-14(13)16/h3-9,18H,1-2H3. The number of halogens is 1. The molecule has 0 unspecified atom stereocenters. The molecule has 19 heavy (non-hydrogen) atoms. The average molecular weight is 276 g/mol. The fourth-order valence-electron chi connectivity index (χ4n) is 1.93. The van der Waals surface area contributed by atoms with E-state index in [0.717, 1.165) is 16.9 Å². The van der Waals surface area contributed by atoms with Gasteiger partial charge >= 0.3 is 0 Å². The van der Waals surface area contributed by atoms with Crippen molar-refractivity contribution in [1.82, 2.24) is 0 Å². The molecule has 1 N–H and O–H groups in total. The zero-order valence-corrected chi connectivity index (χ0v) is 11.5. The summed E-state index contributed by atoms with van der Waals surface area (Å²) in [5, 5.41) is 13.3. The number of ether oxygens (including phenoxy) is 1. The molecule has 0 aliphatic carbocycles. The van der Waals surface area contributed by atoms with Gasteiger partial charge in [0, 0.05) is 11.1 Å². The molecule has 0 radical (unpaired) electrons. The van der Waals surface area contributed by atoms with Crippen molar-refractivity contribution >= 4 is 17.3 Å². The average Bonchev–Trinajstić information content (AvgIpc) is 2.43. The minimum absolute atomic E-state index is 0.450. The van der Waals surface area contributed by atoms with E-state index in [0.29, 0.717) is 16.3 Å². The Balaban J connectivity index is 2.53. The summed E-state index contributed by atoms with van der Waals surface area (Å²) in [6.45, 7) is 1.93. The van der Waals surface area contributed by atoms with Crippen molar-refractivity contribution in [3.05, 3.63) is 64.2 Å². The van der Waals surface area contributed by atoms with E-state index < -0.39 is 0 Å². The van der Waals surface area contributed by atoms with Crippen LogP contribution in [0.5, 0.6) is 5.75 Å². The number of aryl methyl sites for hydroxylation is 1. The first kappa shape index (κ1) is 13.4. The van der Waals surface area contributed by atoms with Crippen molar-refractivity contribution < 1.29 is 9.94 Å². The first-order valence-corrected chi connectivity index (χ1v) is 6.17. The molecular weight excluding hydrogens is 262 g/mol. The largest absolute Gasteiger partial charge is 0.497 e. The summed E-state index contributed by atoms with van der Waals surface area (Å²) < 4.78 is 5.16. The van der Waals surface area contributed by atoms with Gasteiger partial charge in [-0.2, -0.15) is 0 Å². The number of rotatable bonds is 3. The first-order chi connectivity index (χ1) is 9.17. The lowest BCUT2D eigenvalue weighted by Crippen LogP contribution is -2.06. The molecule has 0 aliphatic rings. The molecule has 0 fully saturated rings. The number of oxime groups is 1. The molecular formula is C15H14ClNO2. The lowest BCUT2D eigenvalue weighted by Gasteiger charge is -2.11. The Hall–Kier alpha value is -2.00. The van der Waals surface area contributed by atoms with Crippen LogP contribution in [0.1, 0.15) is 16.7 Å². The number of nitrogens with zero attached hydrogens (tertiary/aromatic N) is 1. The summed E-state index contributed by atoms with van der Waals surface area (Å²) in [6, 6.07) is 12.8. The van der Waals surface area contributed by atoms with E-state index in [9.17, 15) is 5.21 Å². The summed E-state index contributed by atoms with van der Waals surface area (Å²) in [5.74, 6) is 0.762. The van der Waals surface area contributed by atoms with E-state index in [1.807, 2.05) is 43.3 Å². The van der Waals surface area contributed by atoms with Crippen LogP contribution in [-0.2, 0) is 0 Å².